The van der Waals surface area contributed by atoms with Gasteiger partial charge in [0, 0.05) is 38.4 Å². The topological polar surface area (TPSA) is 76.5 Å². The highest BCUT2D eigenvalue weighted by atomic mass is 16.5. The van der Waals surface area contributed by atoms with Crippen LogP contribution in [0.2, 0.25) is 0 Å². The molecule has 3 heterocycles. The van der Waals surface area contributed by atoms with E-state index in [1.54, 1.807) is 4.90 Å². The van der Waals surface area contributed by atoms with Crippen LogP contribution < -0.4 is 9.64 Å². The lowest BCUT2D eigenvalue weighted by Gasteiger charge is -2.48. The molecule has 2 bridgehead atoms. The molecule has 3 aliphatic rings. The van der Waals surface area contributed by atoms with E-state index in [1.807, 2.05) is 24.0 Å². The van der Waals surface area contributed by atoms with Gasteiger partial charge in [-0.1, -0.05) is 13.8 Å². The molecule has 4 rings (SSSR count). The van der Waals surface area contributed by atoms with Gasteiger partial charge in [-0.25, -0.2) is 4.79 Å². The van der Waals surface area contributed by atoms with Crippen molar-refractivity contribution in [2.75, 3.05) is 57.4 Å². The van der Waals surface area contributed by atoms with Gasteiger partial charge >= 0.3 is 6.03 Å². The Morgan fingerprint density at radius 3 is 2.38 bits per heavy atom. The molecule has 0 aliphatic carbocycles. The number of aliphatic hydroxyl groups excluding tert-OH is 2. The highest BCUT2D eigenvalue weighted by molar-refractivity contribution is 5.75. The summed E-state index contributed by atoms with van der Waals surface area (Å²) in [6, 6.07) is 8.35. The van der Waals surface area contributed by atoms with Gasteiger partial charge < -0.3 is 29.6 Å². The molecule has 3 aliphatic heterocycles. The number of carbonyl (C=O) groups excluding carboxylic acids is 1. The van der Waals surface area contributed by atoms with Crippen LogP contribution in [0.25, 0.3) is 0 Å². The molecule has 3 fully saturated rings. The Morgan fingerprint density at radius 1 is 1.14 bits per heavy atom. The molecule has 0 spiro atoms. The van der Waals surface area contributed by atoms with E-state index in [1.165, 1.54) is 0 Å². The number of benzene rings is 1. The molecule has 162 valence electrons. The number of carbonyl (C=O) groups is 1. The average Bonchev–Trinajstić information content (AvgIpc) is 2.95. The lowest BCUT2D eigenvalue weighted by atomic mass is 9.73. The van der Waals surface area contributed by atoms with Crippen LogP contribution in [0.4, 0.5) is 10.5 Å². The van der Waals surface area contributed by atoms with Crippen molar-refractivity contribution in [2.24, 2.45) is 11.3 Å². The number of ether oxygens (including phenoxy) is 1. The van der Waals surface area contributed by atoms with Gasteiger partial charge in [0.25, 0.3) is 0 Å². The predicted molar refractivity (Wildman–Crippen MR) is 113 cm³/mol. The molecule has 0 radical (unpaired) electrons. The molecule has 2 N–H and O–H groups in total. The first-order valence-corrected chi connectivity index (χ1v) is 10.6. The molecule has 2 amide bonds. The van der Waals surface area contributed by atoms with Gasteiger partial charge in [-0.15, -0.1) is 0 Å². The largest absolute Gasteiger partial charge is 0.494 e. The van der Waals surface area contributed by atoms with Crippen molar-refractivity contribution in [3.05, 3.63) is 24.3 Å². The van der Waals surface area contributed by atoms with Crippen molar-refractivity contribution in [3.8, 4) is 5.75 Å². The second-order valence-corrected chi connectivity index (χ2v) is 8.78. The fourth-order valence-electron chi connectivity index (χ4n) is 4.92. The van der Waals surface area contributed by atoms with Crippen molar-refractivity contribution in [1.29, 1.82) is 0 Å². The van der Waals surface area contributed by atoms with E-state index in [0.29, 0.717) is 25.6 Å². The van der Waals surface area contributed by atoms with Gasteiger partial charge in [-0.2, -0.15) is 0 Å². The second-order valence-electron chi connectivity index (χ2n) is 8.78. The molecule has 1 aromatic carbocycles. The summed E-state index contributed by atoms with van der Waals surface area (Å²) in [5.74, 6) is 1.25. The summed E-state index contributed by atoms with van der Waals surface area (Å²) in [4.78, 5) is 19.0. The zero-order valence-electron chi connectivity index (χ0n) is 17.9. The highest BCUT2D eigenvalue weighted by Crippen LogP contribution is 2.43. The Morgan fingerprint density at radius 2 is 1.79 bits per heavy atom. The fourth-order valence-corrected chi connectivity index (χ4v) is 4.92. The Labute approximate surface area is 173 Å². The second kappa shape index (κ2) is 9.22. The summed E-state index contributed by atoms with van der Waals surface area (Å²) < 4.78 is 5.58. The SMILES string of the molecule is CCOc1ccc(N2CC3CN(C(=O)N(CCO)CCO)C[C@@H]2C(C)(C)C3)cc1. The molecule has 0 aromatic heterocycles. The molecular formula is C22H35N3O4. The van der Waals surface area contributed by atoms with Crippen LogP contribution in [-0.4, -0.2) is 84.6 Å². The zero-order chi connectivity index (χ0) is 21.0. The quantitative estimate of drug-likeness (QED) is 0.726. The molecule has 2 atom stereocenters. The van der Waals surface area contributed by atoms with Crippen molar-refractivity contribution >= 4 is 11.7 Å². The number of urea groups is 1. The van der Waals surface area contributed by atoms with E-state index in [4.69, 9.17) is 4.74 Å². The normalized spacial score (nSPS) is 23.1. The Bertz CT molecular complexity index is 673. The standard InChI is InChI=1S/C22H35N3O4/c1-4-29-19-7-5-18(6-8-19)25-15-17-13-22(2,3)20(25)16-24(14-17)21(28)23(9-11-26)10-12-27/h5-8,17,20,26-27H,4,9-16H2,1-3H3/t17?,20-/m1/s1. The number of fused-ring (bicyclic) bond motifs is 4. The van der Waals surface area contributed by atoms with Crippen molar-refractivity contribution in [1.82, 2.24) is 9.80 Å². The number of amides is 2. The van der Waals surface area contributed by atoms with Crippen LogP contribution in [0, 0.1) is 11.3 Å². The minimum Gasteiger partial charge on any atom is -0.494 e. The summed E-state index contributed by atoms with van der Waals surface area (Å²) in [6.07, 6.45) is 1.08. The number of rotatable bonds is 7. The summed E-state index contributed by atoms with van der Waals surface area (Å²) in [5.41, 5.74) is 1.24. The van der Waals surface area contributed by atoms with Crippen LogP contribution in [0.5, 0.6) is 5.75 Å². The summed E-state index contributed by atoms with van der Waals surface area (Å²) in [6.45, 7) is 9.77. The number of nitrogens with zero attached hydrogens (tertiary/aromatic N) is 3. The smallest absolute Gasteiger partial charge is 0.320 e. The maximum Gasteiger partial charge on any atom is 0.320 e. The molecule has 7 heteroatoms. The molecule has 7 nitrogen and oxygen atoms in total. The van der Waals surface area contributed by atoms with Crippen LogP contribution in [0.15, 0.2) is 24.3 Å². The molecule has 0 saturated carbocycles. The molecule has 1 unspecified atom stereocenters. The van der Waals surface area contributed by atoms with E-state index >= 15 is 0 Å². The van der Waals surface area contributed by atoms with Crippen LogP contribution >= 0.6 is 0 Å². The highest BCUT2D eigenvalue weighted by Gasteiger charge is 2.47. The van der Waals surface area contributed by atoms with Gasteiger partial charge in [-0.3, -0.25) is 0 Å². The minimum absolute atomic E-state index is 0.0787. The van der Waals surface area contributed by atoms with Gasteiger partial charge in [-0.05, 0) is 48.9 Å². The van der Waals surface area contributed by atoms with E-state index in [0.717, 1.165) is 24.4 Å². The Balaban J connectivity index is 1.82. The van der Waals surface area contributed by atoms with Crippen LogP contribution in [0.3, 0.4) is 0 Å². The lowest BCUT2D eigenvalue weighted by molar-refractivity contribution is 0.124. The first-order valence-electron chi connectivity index (χ1n) is 10.6. The first kappa shape index (κ1) is 21.7. The third kappa shape index (κ3) is 4.78. The van der Waals surface area contributed by atoms with Gasteiger partial charge in [0.05, 0.1) is 25.9 Å². The minimum atomic E-state index is -0.101. The summed E-state index contributed by atoms with van der Waals surface area (Å²) in [7, 11) is 0. The van der Waals surface area contributed by atoms with E-state index < -0.39 is 0 Å². The van der Waals surface area contributed by atoms with Gasteiger partial charge in [0.1, 0.15) is 5.75 Å². The molecule has 29 heavy (non-hydrogen) atoms. The monoisotopic (exact) mass is 405 g/mol. The Hall–Kier alpha value is -1.99. The number of anilines is 1. The van der Waals surface area contributed by atoms with Crippen molar-refractivity contribution in [3.63, 3.8) is 0 Å². The van der Waals surface area contributed by atoms with Crippen LogP contribution in [0.1, 0.15) is 27.2 Å². The number of hydrogen-bond donors (Lipinski definition) is 2. The van der Waals surface area contributed by atoms with E-state index in [-0.39, 0.29) is 43.8 Å². The fraction of sp³-hybridized carbons (Fsp3) is 0.682. The zero-order valence-corrected chi connectivity index (χ0v) is 17.9. The maximum absolute atomic E-state index is 13.1. The molecular weight excluding hydrogens is 370 g/mol. The third-order valence-electron chi connectivity index (χ3n) is 6.18. The summed E-state index contributed by atoms with van der Waals surface area (Å²) >= 11 is 0. The first-order chi connectivity index (χ1) is 13.9. The number of piperidine rings is 1. The Kier molecular flexibility index (Phi) is 6.90. The van der Waals surface area contributed by atoms with Crippen molar-refractivity contribution in [2.45, 2.75) is 33.2 Å². The number of hydrogen-bond acceptors (Lipinski definition) is 5. The predicted octanol–water partition coefficient (Wildman–Crippen LogP) is 2.03. The van der Waals surface area contributed by atoms with Crippen LogP contribution in [-0.2, 0) is 0 Å². The maximum atomic E-state index is 13.1. The van der Waals surface area contributed by atoms with E-state index in [9.17, 15) is 15.0 Å². The summed E-state index contributed by atoms with van der Waals surface area (Å²) in [5, 5.41) is 18.6. The molecule has 1 aromatic rings. The van der Waals surface area contributed by atoms with Gasteiger partial charge in [0.15, 0.2) is 0 Å². The average molecular weight is 406 g/mol. The third-order valence-corrected chi connectivity index (χ3v) is 6.18. The van der Waals surface area contributed by atoms with Crippen molar-refractivity contribution < 1.29 is 19.7 Å². The van der Waals surface area contributed by atoms with E-state index in [2.05, 4.69) is 30.9 Å². The van der Waals surface area contributed by atoms with Gasteiger partial charge in [0.2, 0.25) is 0 Å². The molecule has 3 saturated heterocycles. The number of aliphatic hydroxyl groups is 2. The lowest BCUT2D eigenvalue weighted by Crippen LogP contribution is -2.54.